The first kappa shape index (κ1) is 14.8. The van der Waals surface area contributed by atoms with Crippen molar-refractivity contribution < 1.29 is 9.84 Å². The third kappa shape index (κ3) is 1.89. The van der Waals surface area contributed by atoms with Crippen LogP contribution < -0.4 is 0 Å². The van der Waals surface area contributed by atoms with Gasteiger partial charge in [0, 0.05) is 6.42 Å². The molecule has 0 amide bonds. The van der Waals surface area contributed by atoms with E-state index in [0.717, 1.165) is 37.0 Å². The molecule has 22 heavy (non-hydrogen) atoms. The summed E-state index contributed by atoms with van der Waals surface area (Å²) in [6.45, 7) is 4.46. The van der Waals surface area contributed by atoms with Crippen LogP contribution in [0.15, 0.2) is 23.0 Å². The van der Waals surface area contributed by atoms with Crippen molar-refractivity contribution in [1.29, 1.82) is 0 Å². The molecular weight excluding hydrogens is 272 g/mol. The molecular formula is C20H30O2. The molecule has 1 N–H and O–H groups in total. The van der Waals surface area contributed by atoms with Crippen molar-refractivity contribution in [3.05, 3.63) is 23.0 Å². The SMILES string of the molecule is COC1=CCC2=C(CC[C@@H]3[C@@H]2CC[C@@]2(C)[C@H]3CC[C@]2(C)O)C1. The highest BCUT2D eigenvalue weighted by atomic mass is 16.5. The fourth-order valence-corrected chi connectivity index (χ4v) is 6.29. The van der Waals surface area contributed by atoms with Crippen molar-refractivity contribution in [2.24, 2.45) is 23.2 Å². The summed E-state index contributed by atoms with van der Waals surface area (Å²) in [5.41, 5.74) is 3.11. The van der Waals surface area contributed by atoms with Gasteiger partial charge in [0.15, 0.2) is 0 Å². The van der Waals surface area contributed by atoms with E-state index in [1.165, 1.54) is 37.9 Å². The summed E-state index contributed by atoms with van der Waals surface area (Å²) < 4.78 is 5.48. The Morgan fingerprint density at radius 2 is 2.00 bits per heavy atom. The van der Waals surface area contributed by atoms with Crippen LogP contribution in [0.2, 0.25) is 0 Å². The van der Waals surface area contributed by atoms with Crippen LogP contribution >= 0.6 is 0 Å². The first-order chi connectivity index (χ1) is 10.5. The number of fused-ring (bicyclic) bond motifs is 4. The number of hydrogen-bond donors (Lipinski definition) is 1. The van der Waals surface area contributed by atoms with Crippen LogP contribution in [0.4, 0.5) is 0 Å². The summed E-state index contributed by atoms with van der Waals surface area (Å²) in [6.07, 6.45) is 11.8. The first-order valence-electron chi connectivity index (χ1n) is 9.12. The van der Waals surface area contributed by atoms with E-state index >= 15 is 0 Å². The summed E-state index contributed by atoms with van der Waals surface area (Å²) in [5.74, 6) is 3.49. The fraction of sp³-hybridized carbons (Fsp3) is 0.800. The lowest BCUT2D eigenvalue weighted by Crippen LogP contribution is -2.50. The molecule has 0 spiro atoms. The van der Waals surface area contributed by atoms with Gasteiger partial charge in [-0.15, -0.1) is 0 Å². The van der Waals surface area contributed by atoms with Crippen molar-refractivity contribution in [3.8, 4) is 0 Å². The normalized spacial score (nSPS) is 47.5. The number of aliphatic hydroxyl groups is 1. The Balaban J connectivity index is 1.62. The number of allylic oxidation sites excluding steroid dienone is 3. The van der Waals surface area contributed by atoms with Crippen molar-refractivity contribution in [1.82, 2.24) is 0 Å². The van der Waals surface area contributed by atoms with Gasteiger partial charge in [-0.1, -0.05) is 18.1 Å². The second-order valence-electron chi connectivity index (χ2n) is 8.57. The molecule has 0 saturated heterocycles. The van der Waals surface area contributed by atoms with Gasteiger partial charge in [0.1, 0.15) is 0 Å². The van der Waals surface area contributed by atoms with E-state index < -0.39 is 5.60 Å². The third-order valence-electron chi connectivity index (χ3n) is 7.88. The van der Waals surface area contributed by atoms with Gasteiger partial charge in [-0.25, -0.2) is 0 Å². The second-order valence-corrected chi connectivity index (χ2v) is 8.57. The molecule has 2 fully saturated rings. The maximum atomic E-state index is 10.9. The van der Waals surface area contributed by atoms with Gasteiger partial charge in [-0.2, -0.15) is 0 Å². The lowest BCUT2D eigenvalue weighted by atomic mass is 9.53. The van der Waals surface area contributed by atoms with Crippen LogP contribution in [0, 0.1) is 23.2 Å². The van der Waals surface area contributed by atoms with Crippen molar-refractivity contribution >= 4 is 0 Å². The zero-order valence-corrected chi connectivity index (χ0v) is 14.3. The van der Waals surface area contributed by atoms with Gasteiger partial charge in [0.25, 0.3) is 0 Å². The highest BCUT2D eigenvalue weighted by Gasteiger charge is 2.59. The molecule has 4 aliphatic rings. The molecule has 0 bridgehead atoms. The Labute approximate surface area is 134 Å². The van der Waals surface area contributed by atoms with Crippen LogP contribution in [0.25, 0.3) is 0 Å². The predicted octanol–water partition coefficient (Wildman–Crippen LogP) is 4.59. The van der Waals surface area contributed by atoms with E-state index in [0.29, 0.717) is 0 Å². The monoisotopic (exact) mass is 302 g/mol. The molecule has 0 aromatic carbocycles. The minimum absolute atomic E-state index is 0.147. The molecule has 0 aromatic heterocycles. The molecule has 122 valence electrons. The molecule has 4 rings (SSSR count). The fourth-order valence-electron chi connectivity index (χ4n) is 6.29. The van der Waals surface area contributed by atoms with Gasteiger partial charge in [0.05, 0.1) is 18.5 Å². The van der Waals surface area contributed by atoms with Gasteiger partial charge < -0.3 is 9.84 Å². The second kappa shape index (κ2) is 4.87. The van der Waals surface area contributed by atoms with Gasteiger partial charge in [-0.3, -0.25) is 0 Å². The average Bonchev–Trinajstić information content (AvgIpc) is 2.76. The summed E-state index contributed by atoms with van der Waals surface area (Å²) in [5, 5.41) is 10.9. The number of methoxy groups -OCH3 is 1. The number of hydrogen-bond acceptors (Lipinski definition) is 2. The third-order valence-corrected chi connectivity index (χ3v) is 7.88. The molecule has 0 unspecified atom stereocenters. The van der Waals surface area contributed by atoms with Gasteiger partial charge in [-0.05, 0) is 81.1 Å². The van der Waals surface area contributed by atoms with Gasteiger partial charge >= 0.3 is 0 Å². The van der Waals surface area contributed by atoms with E-state index in [9.17, 15) is 5.11 Å². The maximum Gasteiger partial charge on any atom is 0.0959 e. The molecule has 4 aliphatic carbocycles. The predicted molar refractivity (Wildman–Crippen MR) is 88.3 cm³/mol. The van der Waals surface area contributed by atoms with Crippen LogP contribution in [-0.4, -0.2) is 17.8 Å². The van der Waals surface area contributed by atoms with Crippen molar-refractivity contribution in [2.45, 2.75) is 70.8 Å². The van der Waals surface area contributed by atoms with Crippen LogP contribution in [0.3, 0.4) is 0 Å². The minimum atomic E-state index is -0.451. The molecule has 0 heterocycles. The summed E-state index contributed by atoms with van der Waals surface area (Å²) in [7, 11) is 1.80. The zero-order chi connectivity index (χ0) is 15.5. The Morgan fingerprint density at radius 3 is 2.77 bits per heavy atom. The highest BCUT2D eigenvalue weighted by molar-refractivity contribution is 5.33. The van der Waals surface area contributed by atoms with E-state index in [1.807, 2.05) is 0 Å². The number of ether oxygens (including phenoxy) is 1. The van der Waals surface area contributed by atoms with E-state index in [-0.39, 0.29) is 5.41 Å². The standard InChI is InChI=1S/C20H30O2/c1-19-10-8-16-15-7-5-14(22-3)12-13(15)4-6-17(16)18(19)9-11-20(19,2)21/h5,16-18,21H,4,6-12H2,1-3H3/t16-,17-,18+,19+,20+/m1/s1. The summed E-state index contributed by atoms with van der Waals surface area (Å²) in [4.78, 5) is 0. The van der Waals surface area contributed by atoms with E-state index in [4.69, 9.17) is 4.74 Å². The van der Waals surface area contributed by atoms with E-state index in [1.54, 1.807) is 18.3 Å². The lowest BCUT2D eigenvalue weighted by Gasteiger charge is -2.53. The Kier molecular flexibility index (Phi) is 3.28. The molecule has 0 aromatic rings. The quantitative estimate of drug-likeness (QED) is 0.718. The molecule has 0 aliphatic heterocycles. The summed E-state index contributed by atoms with van der Waals surface area (Å²) >= 11 is 0. The Morgan fingerprint density at radius 1 is 1.18 bits per heavy atom. The topological polar surface area (TPSA) is 29.5 Å². The molecule has 2 nitrogen and oxygen atoms in total. The van der Waals surface area contributed by atoms with Crippen molar-refractivity contribution in [3.63, 3.8) is 0 Å². The largest absolute Gasteiger partial charge is 0.501 e. The summed E-state index contributed by atoms with van der Waals surface area (Å²) in [6, 6.07) is 0. The average molecular weight is 302 g/mol. The Hall–Kier alpha value is -0.760. The van der Waals surface area contributed by atoms with Crippen molar-refractivity contribution in [2.75, 3.05) is 7.11 Å². The smallest absolute Gasteiger partial charge is 0.0959 e. The minimum Gasteiger partial charge on any atom is -0.501 e. The molecule has 2 heteroatoms. The highest BCUT2D eigenvalue weighted by Crippen LogP contribution is 2.64. The van der Waals surface area contributed by atoms with Crippen LogP contribution in [-0.2, 0) is 4.74 Å². The first-order valence-corrected chi connectivity index (χ1v) is 9.12. The Bertz CT molecular complexity index is 542. The van der Waals surface area contributed by atoms with Gasteiger partial charge in [0.2, 0.25) is 0 Å². The van der Waals surface area contributed by atoms with E-state index in [2.05, 4.69) is 19.9 Å². The molecule has 0 radical (unpaired) electrons. The van der Waals surface area contributed by atoms with Crippen LogP contribution in [0.1, 0.15) is 65.2 Å². The maximum absolute atomic E-state index is 10.9. The lowest BCUT2D eigenvalue weighted by molar-refractivity contribution is -0.0949. The molecule has 2 saturated carbocycles. The molecule has 5 atom stereocenters. The van der Waals surface area contributed by atoms with Crippen LogP contribution in [0.5, 0.6) is 0 Å². The zero-order valence-electron chi connectivity index (χ0n) is 14.3. The number of rotatable bonds is 1.